The van der Waals surface area contributed by atoms with Crippen LogP contribution in [0.3, 0.4) is 0 Å². The molecule has 1 aliphatic rings. The molecule has 2 rings (SSSR count). The first kappa shape index (κ1) is 8.74. The normalized spacial score (nSPS) is 17.6. The molecule has 0 atom stereocenters. The molecule has 0 spiro atoms. The number of benzene rings is 1. The molecule has 1 aliphatic heterocycles. The van der Waals surface area contributed by atoms with Crippen LogP contribution in [0.25, 0.3) is 0 Å². The fraction of sp³-hybridized carbons (Fsp3) is 0.250. The summed E-state index contributed by atoms with van der Waals surface area (Å²) in [6.45, 7) is 1.59. The molecule has 14 heavy (non-hydrogen) atoms. The molecule has 0 bridgehead atoms. The molecule has 0 fully saturated rings. The first-order chi connectivity index (χ1) is 6.62. The average Bonchev–Trinajstić information content (AvgIpc) is 2.52. The molecule has 0 unspecified atom stereocenters. The monoisotopic (exact) mass is 194 g/mol. The van der Waals surface area contributed by atoms with Gasteiger partial charge in [0.2, 0.25) is 5.66 Å². The first-order valence-electron chi connectivity index (χ1n) is 3.95. The van der Waals surface area contributed by atoms with E-state index in [2.05, 4.69) is 20.7 Å². The Morgan fingerprint density at radius 2 is 1.93 bits per heavy atom. The summed E-state index contributed by atoms with van der Waals surface area (Å²) in [4.78, 5) is 0. The van der Waals surface area contributed by atoms with Gasteiger partial charge in [-0.2, -0.15) is 0 Å². The molecule has 0 radical (unpaired) electrons. The highest BCUT2D eigenvalue weighted by molar-refractivity contribution is 5.32. The second kappa shape index (κ2) is 2.83. The minimum atomic E-state index is -1.10. The smallest absolute Gasteiger partial charge is 0.220 e. The van der Waals surface area contributed by atoms with E-state index in [-0.39, 0.29) is 11.3 Å². The molecule has 1 N–H and O–H groups in total. The van der Waals surface area contributed by atoms with Gasteiger partial charge >= 0.3 is 0 Å². The van der Waals surface area contributed by atoms with E-state index < -0.39 is 11.5 Å². The summed E-state index contributed by atoms with van der Waals surface area (Å²) in [5.41, 5.74) is -0.863. The minimum Gasteiger partial charge on any atom is -0.508 e. The van der Waals surface area contributed by atoms with Gasteiger partial charge in [-0.1, -0.05) is 0 Å². The molecule has 72 valence electrons. The number of nitrogens with zero attached hydrogens (tertiary/aromatic N) is 4. The predicted molar refractivity (Wildman–Crippen MR) is 45.1 cm³/mol. The van der Waals surface area contributed by atoms with Gasteiger partial charge in [-0.25, -0.2) is 4.39 Å². The van der Waals surface area contributed by atoms with E-state index in [0.717, 1.165) is 6.07 Å². The third-order valence-electron chi connectivity index (χ3n) is 1.98. The Bertz CT molecular complexity index is 417. The van der Waals surface area contributed by atoms with Crippen LogP contribution >= 0.6 is 0 Å². The van der Waals surface area contributed by atoms with Gasteiger partial charge < -0.3 is 5.11 Å². The van der Waals surface area contributed by atoms with E-state index in [1.165, 1.54) is 12.1 Å². The Morgan fingerprint density at radius 3 is 2.50 bits per heavy atom. The van der Waals surface area contributed by atoms with Crippen molar-refractivity contribution in [2.75, 3.05) is 0 Å². The Morgan fingerprint density at radius 1 is 1.29 bits per heavy atom. The molecule has 0 saturated carbocycles. The molecule has 0 aromatic heterocycles. The Kier molecular flexibility index (Phi) is 1.77. The van der Waals surface area contributed by atoms with Crippen molar-refractivity contribution >= 4 is 0 Å². The van der Waals surface area contributed by atoms with Crippen LogP contribution in [0.2, 0.25) is 0 Å². The number of hydrogen-bond acceptors (Lipinski definition) is 5. The van der Waals surface area contributed by atoms with Crippen LogP contribution in [0.5, 0.6) is 5.75 Å². The number of aromatic hydroxyl groups is 1. The highest BCUT2D eigenvalue weighted by Gasteiger charge is 2.32. The summed E-state index contributed by atoms with van der Waals surface area (Å²) in [5.74, 6) is -0.714. The lowest BCUT2D eigenvalue weighted by Gasteiger charge is -2.14. The van der Waals surface area contributed by atoms with Gasteiger partial charge in [-0.05, 0) is 29.5 Å². The zero-order chi connectivity index (χ0) is 10.2. The topological polar surface area (TPSA) is 69.7 Å². The number of phenolic OH excluding ortho intramolecular Hbond substituents is 1. The number of hydrogen-bond donors (Lipinski definition) is 1. The third-order valence-corrected chi connectivity index (χ3v) is 1.98. The number of halogens is 1. The van der Waals surface area contributed by atoms with Crippen LogP contribution in [-0.4, -0.2) is 5.11 Å². The zero-order valence-electron chi connectivity index (χ0n) is 7.35. The largest absolute Gasteiger partial charge is 0.508 e. The van der Waals surface area contributed by atoms with Gasteiger partial charge in [-0.3, -0.25) is 0 Å². The van der Waals surface area contributed by atoms with Crippen molar-refractivity contribution in [2.45, 2.75) is 12.6 Å². The van der Waals surface area contributed by atoms with E-state index in [1.807, 2.05) is 0 Å². The van der Waals surface area contributed by atoms with Crippen molar-refractivity contribution in [2.24, 2.45) is 20.7 Å². The maximum atomic E-state index is 13.4. The van der Waals surface area contributed by atoms with Crippen molar-refractivity contribution in [3.63, 3.8) is 0 Å². The van der Waals surface area contributed by atoms with Crippen molar-refractivity contribution in [1.82, 2.24) is 0 Å². The van der Waals surface area contributed by atoms with Crippen molar-refractivity contribution in [3.8, 4) is 5.75 Å². The highest BCUT2D eigenvalue weighted by atomic mass is 19.1. The summed E-state index contributed by atoms with van der Waals surface area (Å²) >= 11 is 0. The average molecular weight is 194 g/mol. The fourth-order valence-corrected chi connectivity index (χ4v) is 1.23. The predicted octanol–water partition coefficient (Wildman–Crippen LogP) is 2.54. The molecule has 0 aliphatic carbocycles. The lowest BCUT2D eigenvalue weighted by Crippen LogP contribution is -2.14. The third kappa shape index (κ3) is 1.24. The lowest BCUT2D eigenvalue weighted by molar-refractivity contribution is 0.451. The van der Waals surface area contributed by atoms with Crippen LogP contribution in [0.4, 0.5) is 4.39 Å². The van der Waals surface area contributed by atoms with Crippen LogP contribution < -0.4 is 0 Å². The molecule has 5 nitrogen and oxygen atoms in total. The van der Waals surface area contributed by atoms with Crippen molar-refractivity contribution < 1.29 is 9.50 Å². The second-order valence-electron chi connectivity index (χ2n) is 3.06. The van der Waals surface area contributed by atoms with Crippen LogP contribution in [0.15, 0.2) is 38.9 Å². The molecule has 0 saturated heterocycles. The summed E-state index contributed by atoms with van der Waals surface area (Å²) < 4.78 is 13.4. The summed E-state index contributed by atoms with van der Waals surface area (Å²) in [6, 6.07) is 3.78. The van der Waals surface area contributed by atoms with Crippen LogP contribution in [-0.2, 0) is 5.66 Å². The van der Waals surface area contributed by atoms with E-state index >= 15 is 0 Å². The Balaban J connectivity index is 2.52. The Hall–Kier alpha value is -1.85. The molecule has 1 heterocycles. The molecular formula is C8H7FN4O. The van der Waals surface area contributed by atoms with Crippen molar-refractivity contribution in [1.29, 1.82) is 0 Å². The summed E-state index contributed by atoms with van der Waals surface area (Å²) in [5, 5.41) is 23.1. The molecule has 1 aromatic rings. The molecule has 6 heteroatoms. The molecule has 0 amide bonds. The van der Waals surface area contributed by atoms with Gasteiger partial charge in [0.1, 0.15) is 11.6 Å². The fourth-order valence-electron chi connectivity index (χ4n) is 1.23. The van der Waals surface area contributed by atoms with Gasteiger partial charge in [0.15, 0.2) is 0 Å². The van der Waals surface area contributed by atoms with Crippen molar-refractivity contribution in [3.05, 3.63) is 29.6 Å². The van der Waals surface area contributed by atoms with E-state index in [1.54, 1.807) is 6.92 Å². The standard InChI is InChI=1S/C8H7FN4O/c1-8(10-12-13-11-8)6-3-2-5(14)4-7(6)9/h2-4,14H,1H3. The Labute approximate surface area is 79.0 Å². The maximum absolute atomic E-state index is 13.4. The highest BCUT2D eigenvalue weighted by Crippen LogP contribution is 2.34. The summed E-state index contributed by atoms with van der Waals surface area (Å²) in [6.07, 6.45) is 0. The van der Waals surface area contributed by atoms with E-state index in [9.17, 15) is 4.39 Å². The number of phenols is 1. The molecular weight excluding hydrogens is 187 g/mol. The number of rotatable bonds is 1. The maximum Gasteiger partial charge on any atom is 0.220 e. The SMILES string of the molecule is CC1(c2ccc(O)cc2F)N=NN=N1. The van der Waals surface area contributed by atoms with Gasteiger partial charge in [0, 0.05) is 11.6 Å². The first-order valence-corrected chi connectivity index (χ1v) is 3.95. The minimum absolute atomic E-state index is 0.137. The van der Waals surface area contributed by atoms with Gasteiger partial charge in [0.25, 0.3) is 0 Å². The van der Waals surface area contributed by atoms with Gasteiger partial charge in [-0.15, -0.1) is 10.2 Å². The lowest BCUT2D eigenvalue weighted by atomic mass is 10.0. The van der Waals surface area contributed by atoms with Gasteiger partial charge in [0.05, 0.1) is 0 Å². The zero-order valence-corrected chi connectivity index (χ0v) is 7.35. The van der Waals surface area contributed by atoms with E-state index in [0.29, 0.717) is 0 Å². The quantitative estimate of drug-likeness (QED) is 0.733. The molecule has 1 aromatic carbocycles. The summed E-state index contributed by atoms with van der Waals surface area (Å²) in [7, 11) is 0. The van der Waals surface area contributed by atoms with Crippen LogP contribution in [0.1, 0.15) is 12.5 Å². The second-order valence-corrected chi connectivity index (χ2v) is 3.06. The van der Waals surface area contributed by atoms with Crippen LogP contribution in [0, 0.1) is 5.82 Å². The van der Waals surface area contributed by atoms with E-state index in [4.69, 9.17) is 5.11 Å².